The van der Waals surface area contributed by atoms with Gasteiger partial charge in [-0.1, -0.05) is 6.58 Å². The zero-order valence-corrected chi connectivity index (χ0v) is 13.9. The number of halogens is 12. The van der Waals surface area contributed by atoms with Crippen LogP contribution in [0.4, 0.5) is 52.7 Å². The molecule has 0 aromatic rings. The molecule has 0 spiro atoms. The molecule has 4 atom stereocenters. The Kier molecular flexibility index (Phi) is 5.80. The monoisotopic (exact) mass is 474 g/mol. The first-order chi connectivity index (χ1) is 13.1. The summed E-state index contributed by atoms with van der Waals surface area (Å²) in [6.07, 6.45) is -0.452. The lowest BCUT2D eigenvalue weighted by Gasteiger charge is -2.56. The van der Waals surface area contributed by atoms with Crippen molar-refractivity contribution in [1.29, 1.82) is 0 Å². The molecule has 30 heavy (non-hydrogen) atoms. The van der Waals surface area contributed by atoms with Crippen LogP contribution in [0.1, 0.15) is 0 Å². The molecule has 0 amide bonds. The molecule has 1 aliphatic rings. The predicted molar refractivity (Wildman–Crippen MR) is 67.8 cm³/mol. The third kappa shape index (κ3) is 2.41. The van der Waals surface area contributed by atoms with E-state index in [2.05, 4.69) is 11.3 Å². The quantitative estimate of drug-likeness (QED) is 0.330. The Morgan fingerprint density at radius 3 is 1.43 bits per heavy atom. The van der Waals surface area contributed by atoms with Gasteiger partial charge in [0.2, 0.25) is 11.2 Å². The highest BCUT2D eigenvalue weighted by atomic mass is 19.3. The van der Waals surface area contributed by atoms with E-state index in [1.807, 2.05) is 0 Å². The molecule has 0 aromatic heterocycles. The lowest BCUT2D eigenvalue weighted by molar-refractivity contribution is -0.512. The smallest absolute Gasteiger partial charge is 0.387 e. The zero-order chi connectivity index (χ0) is 24.4. The number of carbonyl (C=O) groups is 1. The van der Waals surface area contributed by atoms with Crippen molar-refractivity contribution in [2.45, 2.75) is 46.6 Å². The molecule has 3 N–H and O–H groups in total. The number of esters is 1. The van der Waals surface area contributed by atoms with Crippen LogP contribution >= 0.6 is 0 Å². The summed E-state index contributed by atoms with van der Waals surface area (Å²) in [4.78, 5) is 11.0. The van der Waals surface area contributed by atoms with Gasteiger partial charge in [0.05, 0.1) is 0 Å². The first kappa shape index (κ1) is 26.3. The van der Waals surface area contributed by atoms with Gasteiger partial charge in [0.15, 0.2) is 0 Å². The molecule has 1 fully saturated rings. The van der Waals surface area contributed by atoms with E-state index >= 15 is 0 Å². The molecule has 0 aromatic carbocycles. The molecule has 0 heterocycles. The van der Waals surface area contributed by atoms with Gasteiger partial charge in [-0.2, -0.15) is 43.9 Å². The van der Waals surface area contributed by atoms with Crippen molar-refractivity contribution in [1.82, 2.24) is 0 Å². The molecule has 1 rings (SSSR count). The Bertz CT molecular complexity index is 727. The van der Waals surface area contributed by atoms with Crippen LogP contribution in [0.25, 0.3) is 0 Å². The van der Waals surface area contributed by atoms with Gasteiger partial charge in [0.25, 0.3) is 0 Å². The molecule has 4 unspecified atom stereocenters. The van der Waals surface area contributed by atoms with Gasteiger partial charge in [-0.3, -0.25) is 0 Å². The second-order valence-electron chi connectivity index (χ2n) is 6.13. The maximum Gasteiger partial charge on any atom is 0.387 e. The van der Waals surface area contributed by atoms with E-state index in [0.29, 0.717) is 0 Å². The fourth-order valence-corrected chi connectivity index (χ4v) is 2.53. The van der Waals surface area contributed by atoms with Crippen LogP contribution in [0.2, 0.25) is 0 Å². The average molecular weight is 474 g/mol. The fraction of sp³-hybridized carbons (Fsp3) is 0.769. The van der Waals surface area contributed by atoms with Gasteiger partial charge in [-0.15, -0.1) is 0 Å². The van der Waals surface area contributed by atoms with Crippen molar-refractivity contribution in [2.24, 2.45) is 0 Å². The largest absolute Gasteiger partial charge is 0.413 e. The number of carbonyl (C=O) groups excluding carboxylic acids is 1. The molecule has 0 bridgehead atoms. The second kappa shape index (κ2) is 6.62. The van der Waals surface area contributed by atoms with Crippen LogP contribution in [0.15, 0.2) is 12.7 Å². The van der Waals surface area contributed by atoms with Gasteiger partial charge in [0, 0.05) is 6.08 Å². The SMILES string of the molecule is C=CC(=O)OC1(F)C(F)(F)C(O)(F)C(F)(F)C(O)(CF)C(F)(F)C(O)(CF)C1(F)F. The Balaban J connectivity index is 4.31. The highest BCUT2D eigenvalue weighted by Crippen LogP contribution is 2.66. The van der Waals surface area contributed by atoms with Gasteiger partial charge in [-0.25, -0.2) is 13.6 Å². The summed E-state index contributed by atoms with van der Waals surface area (Å²) in [5.41, 5.74) is -13.0. The summed E-state index contributed by atoms with van der Waals surface area (Å²) in [6.45, 7) is -5.36. The Morgan fingerprint density at radius 2 is 1.10 bits per heavy atom. The molecule has 17 heteroatoms. The van der Waals surface area contributed by atoms with E-state index in [0.717, 1.165) is 0 Å². The van der Waals surface area contributed by atoms with Crippen molar-refractivity contribution in [3.8, 4) is 0 Å². The van der Waals surface area contributed by atoms with E-state index in [9.17, 15) is 67.7 Å². The van der Waals surface area contributed by atoms with Gasteiger partial charge in [0.1, 0.15) is 13.3 Å². The number of alkyl halides is 12. The molecule has 0 saturated heterocycles. The number of ether oxygens (including phenoxy) is 1. The van der Waals surface area contributed by atoms with Crippen LogP contribution in [0.5, 0.6) is 0 Å². The molecular weight excluding hydrogens is 464 g/mol. The number of rotatable bonds is 4. The second-order valence-corrected chi connectivity index (χ2v) is 6.13. The molecule has 0 radical (unpaired) electrons. The molecule has 176 valence electrons. The minimum Gasteiger partial charge on any atom is -0.413 e. The third-order valence-electron chi connectivity index (χ3n) is 4.51. The maximum atomic E-state index is 14.7. The van der Waals surface area contributed by atoms with E-state index in [-0.39, 0.29) is 0 Å². The summed E-state index contributed by atoms with van der Waals surface area (Å²) in [5.74, 6) is -46.8. The van der Waals surface area contributed by atoms with Crippen LogP contribution in [-0.2, 0) is 9.53 Å². The highest BCUT2D eigenvalue weighted by molar-refractivity contribution is 5.81. The normalized spacial score (nSPS) is 42.0. The molecule has 0 aliphatic heterocycles. The molecular formula is C13H10F12O5. The topological polar surface area (TPSA) is 87.0 Å². The zero-order valence-electron chi connectivity index (χ0n) is 13.9. The minimum absolute atomic E-state index is 0.452. The predicted octanol–water partition coefficient (Wildman–Crippen LogP) is 2.00. The number of hydrogen-bond donors (Lipinski definition) is 3. The Morgan fingerprint density at radius 1 is 0.733 bits per heavy atom. The standard InChI is InChI=1S/C13H10F12O5/c1-2-5(26)30-13(25)10(20,21)7(28,4-15)8(16,17)6(27,3-14)9(18,19)12(24,29)11(13,22)23/h2,27-29H,1,3-4H2. The first-order valence-electron chi connectivity index (χ1n) is 7.11. The fourth-order valence-electron chi connectivity index (χ4n) is 2.53. The van der Waals surface area contributed by atoms with Crippen LogP contribution in [0.3, 0.4) is 0 Å². The Hall–Kier alpha value is -1.75. The lowest BCUT2D eigenvalue weighted by atomic mass is 9.67. The Labute approximate surface area is 157 Å². The first-order valence-corrected chi connectivity index (χ1v) is 7.11. The van der Waals surface area contributed by atoms with E-state index in [4.69, 9.17) is 5.11 Å². The highest BCUT2D eigenvalue weighted by Gasteiger charge is 2.99. The lowest BCUT2D eigenvalue weighted by Crippen LogP contribution is -2.89. The average Bonchev–Trinajstić information content (AvgIpc) is 2.63. The summed E-state index contributed by atoms with van der Waals surface area (Å²) >= 11 is 0. The van der Waals surface area contributed by atoms with Crippen LogP contribution in [-0.4, -0.2) is 81.2 Å². The third-order valence-corrected chi connectivity index (χ3v) is 4.51. The molecule has 1 aliphatic carbocycles. The van der Waals surface area contributed by atoms with Gasteiger partial charge in [-0.05, 0) is 0 Å². The molecule has 1 saturated carbocycles. The van der Waals surface area contributed by atoms with Crippen molar-refractivity contribution in [2.75, 3.05) is 13.3 Å². The van der Waals surface area contributed by atoms with Crippen LogP contribution < -0.4 is 0 Å². The summed E-state index contributed by atoms with van der Waals surface area (Å²) in [7, 11) is 0. The van der Waals surface area contributed by atoms with Crippen molar-refractivity contribution >= 4 is 5.97 Å². The van der Waals surface area contributed by atoms with Crippen molar-refractivity contribution in [3.63, 3.8) is 0 Å². The number of hydrogen-bond acceptors (Lipinski definition) is 5. The number of aliphatic hydroxyl groups is 3. The summed E-state index contributed by atoms with van der Waals surface area (Å²) < 4.78 is 171. The van der Waals surface area contributed by atoms with E-state index in [1.165, 1.54) is 0 Å². The van der Waals surface area contributed by atoms with Crippen LogP contribution in [0, 0.1) is 0 Å². The van der Waals surface area contributed by atoms with Crippen molar-refractivity contribution < 1.29 is 77.5 Å². The molecule has 5 nitrogen and oxygen atoms in total. The van der Waals surface area contributed by atoms with E-state index in [1.54, 1.807) is 0 Å². The van der Waals surface area contributed by atoms with E-state index < -0.39 is 72.0 Å². The summed E-state index contributed by atoms with van der Waals surface area (Å²) in [6, 6.07) is 0. The maximum absolute atomic E-state index is 14.7. The minimum atomic E-state index is -7.57. The summed E-state index contributed by atoms with van der Waals surface area (Å²) in [5, 5.41) is 27.4. The van der Waals surface area contributed by atoms with Gasteiger partial charge >= 0.3 is 41.4 Å². The van der Waals surface area contributed by atoms with Gasteiger partial charge < -0.3 is 20.1 Å². The van der Waals surface area contributed by atoms with Crippen molar-refractivity contribution in [3.05, 3.63) is 12.7 Å².